The number of carbonyl (C=O) groups is 1. The summed E-state index contributed by atoms with van der Waals surface area (Å²) >= 11 is 0. The molecular weight excluding hydrogens is 346 g/mol. The molecule has 4 rings (SSSR count). The zero-order chi connectivity index (χ0) is 19.4. The zero-order valence-corrected chi connectivity index (χ0v) is 15.9. The first kappa shape index (κ1) is 18.1. The second-order valence-electron chi connectivity index (χ2n) is 7.31. The number of rotatable bonds is 5. The fraction of sp³-hybridized carbons (Fsp3) is 0.160. The Labute approximate surface area is 165 Å². The highest BCUT2D eigenvalue weighted by Crippen LogP contribution is 2.35. The van der Waals surface area contributed by atoms with Crippen LogP contribution in [0.25, 0.3) is 6.08 Å². The summed E-state index contributed by atoms with van der Waals surface area (Å²) in [6.07, 6.45) is 6.06. The Bertz CT molecular complexity index is 996. The van der Waals surface area contributed by atoms with Gasteiger partial charge in [0.2, 0.25) is 0 Å². The van der Waals surface area contributed by atoms with Crippen LogP contribution < -0.4 is 10.1 Å². The monoisotopic (exact) mass is 369 g/mol. The Balaban J connectivity index is 1.44. The molecule has 0 fully saturated rings. The van der Waals surface area contributed by atoms with E-state index in [2.05, 4.69) is 48.7 Å². The molecule has 28 heavy (non-hydrogen) atoms. The third-order valence-electron chi connectivity index (χ3n) is 5.02. The summed E-state index contributed by atoms with van der Waals surface area (Å²) in [6.45, 7) is 2.11. The Hall–Kier alpha value is -3.33. The van der Waals surface area contributed by atoms with E-state index < -0.39 is 0 Å². The molecule has 3 nitrogen and oxygen atoms in total. The van der Waals surface area contributed by atoms with E-state index in [9.17, 15) is 4.79 Å². The van der Waals surface area contributed by atoms with Gasteiger partial charge in [0.05, 0.1) is 0 Å². The highest BCUT2D eigenvalue weighted by molar-refractivity contribution is 6.04. The van der Waals surface area contributed by atoms with Crippen molar-refractivity contribution < 1.29 is 9.53 Å². The lowest BCUT2D eigenvalue weighted by Crippen LogP contribution is -2.32. The Morgan fingerprint density at radius 3 is 2.43 bits per heavy atom. The van der Waals surface area contributed by atoms with E-state index in [4.69, 9.17) is 4.74 Å². The Morgan fingerprint density at radius 2 is 1.68 bits per heavy atom. The quantitative estimate of drug-likeness (QED) is 0.623. The molecule has 0 spiro atoms. The Kier molecular flexibility index (Phi) is 4.98. The average Bonchev–Trinajstić information content (AvgIpc) is 2.74. The summed E-state index contributed by atoms with van der Waals surface area (Å²) in [7, 11) is 0. The van der Waals surface area contributed by atoms with Gasteiger partial charge < -0.3 is 10.1 Å². The molecule has 1 heterocycles. The summed E-state index contributed by atoms with van der Waals surface area (Å²) in [5, 5.41) is 2.95. The normalized spacial score (nSPS) is 17.5. The number of carbonyl (C=O) groups excluding carboxylic acids is 1. The highest BCUT2D eigenvalue weighted by Gasteiger charge is 2.27. The van der Waals surface area contributed by atoms with Crippen molar-refractivity contribution in [2.75, 3.05) is 5.32 Å². The van der Waals surface area contributed by atoms with Crippen molar-refractivity contribution >= 4 is 17.7 Å². The predicted molar refractivity (Wildman–Crippen MR) is 114 cm³/mol. The molecule has 0 radical (unpaired) electrons. The summed E-state index contributed by atoms with van der Waals surface area (Å²) in [5.74, 6) is 0.727. The second-order valence-corrected chi connectivity index (χ2v) is 7.31. The van der Waals surface area contributed by atoms with Crippen LogP contribution in [0.4, 0.5) is 5.69 Å². The summed E-state index contributed by atoms with van der Waals surface area (Å²) < 4.78 is 6.29. The molecule has 1 amide bonds. The molecule has 1 atom stereocenters. The molecule has 3 heteroatoms. The molecule has 0 bridgehead atoms. The van der Waals surface area contributed by atoms with Crippen molar-refractivity contribution in [2.45, 2.75) is 25.4 Å². The SMILES string of the molecule is CC1(CCc2ccccc2)C=Cc2cc(NC(=O)c3ccccc3)ccc2O1. The maximum Gasteiger partial charge on any atom is 0.255 e. The predicted octanol–water partition coefficient (Wildman–Crippen LogP) is 5.74. The van der Waals surface area contributed by atoms with Crippen LogP contribution in [-0.4, -0.2) is 11.5 Å². The van der Waals surface area contributed by atoms with Gasteiger partial charge in [-0.15, -0.1) is 0 Å². The van der Waals surface area contributed by atoms with E-state index in [1.165, 1.54) is 5.56 Å². The van der Waals surface area contributed by atoms with E-state index in [0.29, 0.717) is 5.56 Å². The first-order valence-corrected chi connectivity index (χ1v) is 9.54. The lowest BCUT2D eigenvalue weighted by atomic mass is 9.93. The molecule has 0 saturated heterocycles. The van der Waals surface area contributed by atoms with Crippen molar-refractivity contribution in [1.29, 1.82) is 0 Å². The van der Waals surface area contributed by atoms with Crippen LogP contribution in [0.1, 0.15) is 34.8 Å². The van der Waals surface area contributed by atoms with Crippen LogP contribution >= 0.6 is 0 Å². The van der Waals surface area contributed by atoms with Crippen LogP contribution in [0.5, 0.6) is 5.75 Å². The first-order chi connectivity index (χ1) is 13.6. The van der Waals surface area contributed by atoms with Crippen LogP contribution in [-0.2, 0) is 6.42 Å². The third-order valence-corrected chi connectivity index (χ3v) is 5.02. The minimum Gasteiger partial charge on any atom is -0.483 e. The molecule has 1 unspecified atom stereocenters. The molecule has 140 valence electrons. The van der Waals surface area contributed by atoms with Gasteiger partial charge >= 0.3 is 0 Å². The molecule has 1 N–H and O–H groups in total. The second kappa shape index (κ2) is 7.73. The largest absolute Gasteiger partial charge is 0.483 e. The van der Waals surface area contributed by atoms with Gasteiger partial charge in [-0.25, -0.2) is 0 Å². The number of hydrogen-bond donors (Lipinski definition) is 1. The summed E-state index contributed by atoms with van der Waals surface area (Å²) in [4.78, 5) is 12.3. The van der Waals surface area contributed by atoms with Gasteiger partial charge in [0.25, 0.3) is 5.91 Å². The number of benzene rings is 3. The van der Waals surface area contributed by atoms with Crippen LogP contribution in [0.15, 0.2) is 84.9 Å². The van der Waals surface area contributed by atoms with E-state index in [1.54, 1.807) is 12.1 Å². The standard InChI is InChI=1S/C25H23NO2/c1-25(16-14-19-8-4-2-5-9-19)17-15-21-18-22(12-13-23(21)28-25)26-24(27)20-10-6-3-7-11-20/h2-13,15,17-18H,14,16H2,1H3,(H,26,27). The van der Waals surface area contributed by atoms with Gasteiger partial charge in [-0.05, 0) is 61.7 Å². The molecule has 1 aliphatic heterocycles. The number of fused-ring (bicyclic) bond motifs is 1. The minimum atomic E-state index is -0.336. The topological polar surface area (TPSA) is 38.3 Å². The lowest BCUT2D eigenvalue weighted by Gasteiger charge is -2.32. The van der Waals surface area contributed by atoms with Crippen molar-refractivity contribution in [3.63, 3.8) is 0 Å². The van der Waals surface area contributed by atoms with Gasteiger partial charge in [0.15, 0.2) is 0 Å². The van der Waals surface area contributed by atoms with Gasteiger partial charge in [-0.2, -0.15) is 0 Å². The molecule has 0 aromatic heterocycles. The summed E-state index contributed by atoms with van der Waals surface area (Å²) in [5.41, 5.74) is 3.35. The number of anilines is 1. The van der Waals surface area contributed by atoms with E-state index in [0.717, 1.165) is 29.8 Å². The van der Waals surface area contributed by atoms with Crippen LogP contribution in [0.2, 0.25) is 0 Å². The van der Waals surface area contributed by atoms with E-state index in [-0.39, 0.29) is 11.5 Å². The number of hydrogen-bond acceptors (Lipinski definition) is 2. The van der Waals surface area contributed by atoms with Crippen molar-refractivity contribution in [3.8, 4) is 5.75 Å². The van der Waals surface area contributed by atoms with Gasteiger partial charge in [-0.3, -0.25) is 4.79 Å². The van der Waals surface area contributed by atoms with Crippen LogP contribution in [0, 0.1) is 0 Å². The third kappa shape index (κ3) is 4.15. The molecule has 1 aliphatic rings. The maximum atomic E-state index is 12.3. The lowest BCUT2D eigenvalue weighted by molar-refractivity contribution is 0.102. The molecule has 3 aromatic rings. The highest BCUT2D eigenvalue weighted by atomic mass is 16.5. The molecular formula is C25H23NO2. The van der Waals surface area contributed by atoms with E-state index >= 15 is 0 Å². The van der Waals surface area contributed by atoms with Crippen molar-refractivity contribution in [2.24, 2.45) is 0 Å². The molecule has 3 aromatic carbocycles. The molecule has 0 aliphatic carbocycles. The average molecular weight is 369 g/mol. The first-order valence-electron chi connectivity index (χ1n) is 9.54. The fourth-order valence-electron chi connectivity index (χ4n) is 3.37. The smallest absolute Gasteiger partial charge is 0.255 e. The Morgan fingerprint density at radius 1 is 0.964 bits per heavy atom. The van der Waals surface area contributed by atoms with Crippen LogP contribution in [0.3, 0.4) is 0 Å². The number of aryl methyl sites for hydroxylation is 1. The number of amides is 1. The van der Waals surface area contributed by atoms with E-state index in [1.807, 2.05) is 42.5 Å². The van der Waals surface area contributed by atoms with Gasteiger partial charge in [-0.1, -0.05) is 54.6 Å². The fourth-order valence-corrected chi connectivity index (χ4v) is 3.37. The zero-order valence-electron chi connectivity index (χ0n) is 15.9. The van der Waals surface area contributed by atoms with Gasteiger partial charge in [0.1, 0.15) is 11.4 Å². The minimum absolute atomic E-state index is 0.117. The number of nitrogens with one attached hydrogen (secondary N) is 1. The van der Waals surface area contributed by atoms with Gasteiger partial charge in [0, 0.05) is 16.8 Å². The molecule has 0 saturated carbocycles. The summed E-state index contributed by atoms with van der Waals surface area (Å²) in [6, 6.07) is 25.4. The maximum absolute atomic E-state index is 12.3. The number of ether oxygens (including phenoxy) is 1. The van der Waals surface area contributed by atoms with Crippen molar-refractivity contribution in [3.05, 3.63) is 102 Å². The van der Waals surface area contributed by atoms with Crippen molar-refractivity contribution in [1.82, 2.24) is 0 Å².